The molecule has 8 nitrogen and oxygen atoms in total. The molecule has 1 aliphatic heterocycles. The molecule has 168 valence electrons. The predicted octanol–water partition coefficient (Wildman–Crippen LogP) is 3.92. The summed E-state index contributed by atoms with van der Waals surface area (Å²) in [6.07, 6.45) is 0. The zero-order valence-corrected chi connectivity index (χ0v) is 18.5. The van der Waals surface area contributed by atoms with Crippen molar-refractivity contribution in [1.82, 2.24) is 0 Å². The number of hydrogen-bond acceptors (Lipinski definition) is 6. The first-order valence-electron chi connectivity index (χ1n) is 10.3. The van der Waals surface area contributed by atoms with Gasteiger partial charge in [-0.2, -0.15) is 5.26 Å². The fraction of sp³-hybridized carbons (Fsp3) is 0.0769. The maximum atomic E-state index is 13.6. The van der Waals surface area contributed by atoms with Gasteiger partial charge >= 0.3 is 0 Å². The minimum Gasteiger partial charge on any atom is -0.496 e. The van der Waals surface area contributed by atoms with Gasteiger partial charge in [-0.05, 0) is 54.6 Å². The Balaban J connectivity index is 1.78. The number of anilines is 3. The van der Waals surface area contributed by atoms with Gasteiger partial charge < -0.3 is 15.4 Å². The van der Waals surface area contributed by atoms with Crippen LogP contribution in [0.3, 0.4) is 0 Å². The normalized spacial score (nSPS) is 13.0. The van der Waals surface area contributed by atoms with Gasteiger partial charge in [0.1, 0.15) is 11.4 Å². The molecule has 8 heteroatoms. The highest BCUT2D eigenvalue weighted by atomic mass is 16.5. The number of carbonyl (C=O) groups is 3. The molecule has 0 unspecified atom stereocenters. The van der Waals surface area contributed by atoms with Gasteiger partial charge in [0.15, 0.2) is 0 Å². The molecule has 0 spiro atoms. The van der Waals surface area contributed by atoms with Crippen LogP contribution in [-0.2, 0) is 14.4 Å². The Labute approximate surface area is 196 Å². The molecule has 1 heterocycles. The van der Waals surface area contributed by atoms with Crippen LogP contribution >= 0.6 is 0 Å². The van der Waals surface area contributed by atoms with Crippen LogP contribution in [0.4, 0.5) is 17.1 Å². The molecule has 34 heavy (non-hydrogen) atoms. The molecule has 1 aliphatic rings. The molecule has 0 radical (unpaired) electrons. The van der Waals surface area contributed by atoms with Crippen LogP contribution in [0.15, 0.2) is 78.5 Å². The summed E-state index contributed by atoms with van der Waals surface area (Å²) in [6, 6.07) is 21.9. The van der Waals surface area contributed by atoms with Crippen molar-refractivity contribution in [3.63, 3.8) is 0 Å². The predicted molar refractivity (Wildman–Crippen MR) is 128 cm³/mol. The number of ether oxygens (including phenoxy) is 1. The lowest BCUT2D eigenvalue weighted by atomic mass is 10.0. The second-order valence-corrected chi connectivity index (χ2v) is 7.44. The van der Waals surface area contributed by atoms with Crippen molar-refractivity contribution in [3.8, 4) is 11.8 Å². The molecule has 0 aromatic heterocycles. The zero-order valence-electron chi connectivity index (χ0n) is 18.5. The molecular weight excluding hydrogens is 432 g/mol. The third-order valence-electron chi connectivity index (χ3n) is 5.19. The number of imide groups is 1. The Morgan fingerprint density at radius 1 is 0.912 bits per heavy atom. The number of rotatable bonds is 6. The monoisotopic (exact) mass is 452 g/mol. The second-order valence-electron chi connectivity index (χ2n) is 7.44. The van der Waals surface area contributed by atoms with Crippen molar-refractivity contribution in [2.24, 2.45) is 0 Å². The molecule has 2 N–H and O–H groups in total. The average Bonchev–Trinajstić information content (AvgIpc) is 3.09. The van der Waals surface area contributed by atoms with Gasteiger partial charge in [0.05, 0.1) is 30.0 Å². The highest BCUT2D eigenvalue weighted by Crippen LogP contribution is 2.37. The summed E-state index contributed by atoms with van der Waals surface area (Å²) in [5.74, 6) is -0.810. The molecule has 0 bridgehead atoms. The van der Waals surface area contributed by atoms with Crippen molar-refractivity contribution >= 4 is 40.4 Å². The number of benzene rings is 3. The summed E-state index contributed by atoms with van der Waals surface area (Å²) < 4.78 is 5.44. The van der Waals surface area contributed by atoms with Crippen LogP contribution in [-0.4, -0.2) is 24.8 Å². The number of methoxy groups -OCH3 is 1. The van der Waals surface area contributed by atoms with E-state index in [1.165, 1.54) is 14.0 Å². The van der Waals surface area contributed by atoms with E-state index in [-0.39, 0.29) is 17.2 Å². The summed E-state index contributed by atoms with van der Waals surface area (Å²) in [6.45, 7) is 1.41. The zero-order chi connectivity index (χ0) is 24.2. The highest BCUT2D eigenvalue weighted by molar-refractivity contribution is 6.46. The molecule has 3 aromatic rings. The smallest absolute Gasteiger partial charge is 0.282 e. The van der Waals surface area contributed by atoms with Crippen LogP contribution < -0.4 is 20.3 Å². The quantitative estimate of drug-likeness (QED) is 0.549. The molecule has 0 atom stereocenters. The van der Waals surface area contributed by atoms with Crippen molar-refractivity contribution in [1.29, 1.82) is 5.26 Å². The minimum atomic E-state index is -0.540. The summed E-state index contributed by atoms with van der Waals surface area (Å²) >= 11 is 0. The molecule has 4 rings (SSSR count). The van der Waals surface area contributed by atoms with Crippen molar-refractivity contribution in [3.05, 3.63) is 89.6 Å². The van der Waals surface area contributed by atoms with E-state index in [2.05, 4.69) is 10.6 Å². The van der Waals surface area contributed by atoms with E-state index in [1.54, 1.807) is 72.8 Å². The molecule has 0 aliphatic carbocycles. The molecule has 0 saturated carbocycles. The maximum absolute atomic E-state index is 13.6. The fourth-order valence-corrected chi connectivity index (χ4v) is 3.65. The highest BCUT2D eigenvalue weighted by Gasteiger charge is 2.41. The molecule has 0 fully saturated rings. The van der Waals surface area contributed by atoms with Gasteiger partial charge in [-0.3, -0.25) is 14.4 Å². The number of para-hydroxylation sites is 1. The molecule has 3 aromatic carbocycles. The Kier molecular flexibility index (Phi) is 6.10. The number of nitrogens with one attached hydrogen (secondary N) is 2. The lowest BCUT2D eigenvalue weighted by Gasteiger charge is -2.15. The van der Waals surface area contributed by atoms with E-state index in [9.17, 15) is 14.4 Å². The summed E-state index contributed by atoms with van der Waals surface area (Å²) in [4.78, 5) is 39.4. The van der Waals surface area contributed by atoms with E-state index in [4.69, 9.17) is 10.00 Å². The summed E-state index contributed by atoms with van der Waals surface area (Å²) in [7, 11) is 1.49. The first-order valence-corrected chi connectivity index (χ1v) is 10.3. The first-order chi connectivity index (χ1) is 16.4. The SMILES string of the molecule is COc1ccccc1C1=C(Nc2ccc(NC(C)=O)cc2)C(=O)N(c2ccc(C#N)cc2)C1=O. The maximum Gasteiger partial charge on any atom is 0.282 e. The van der Waals surface area contributed by atoms with Gasteiger partial charge in [-0.25, -0.2) is 4.90 Å². The third kappa shape index (κ3) is 4.23. The van der Waals surface area contributed by atoms with Crippen molar-refractivity contribution < 1.29 is 19.1 Å². The number of carbonyl (C=O) groups excluding carboxylic acids is 3. The molecule has 3 amide bonds. The topological polar surface area (TPSA) is 112 Å². The summed E-state index contributed by atoms with van der Waals surface area (Å²) in [5, 5.41) is 14.8. The van der Waals surface area contributed by atoms with Crippen LogP contribution in [0.5, 0.6) is 5.75 Å². The minimum absolute atomic E-state index is 0.0890. The van der Waals surface area contributed by atoms with Crippen LogP contribution in [0.2, 0.25) is 0 Å². The van der Waals surface area contributed by atoms with E-state index in [0.717, 1.165) is 4.90 Å². The van der Waals surface area contributed by atoms with Crippen molar-refractivity contribution in [2.75, 3.05) is 22.6 Å². The van der Waals surface area contributed by atoms with Gasteiger partial charge in [-0.15, -0.1) is 0 Å². The number of nitrogens with zero attached hydrogens (tertiary/aromatic N) is 2. The lowest BCUT2D eigenvalue weighted by Crippen LogP contribution is -2.32. The Bertz CT molecular complexity index is 1350. The number of amides is 3. The van der Waals surface area contributed by atoms with Gasteiger partial charge in [0.2, 0.25) is 5.91 Å². The second kappa shape index (κ2) is 9.30. The average molecular weight is 452 g/mol. The fourth-order valence-electron chi connectivity index (χ4n) is 3.65. The van der Waals surface area contributed by atoms with Crippen LogP contribution in [0.25, 0.3) is 5.57 Å². The van der Waals surface area contributed by atoms with Gasteiger partial charge in [0, 0.05) is 23.9 Å². The van der Waals surface area contributed by atoms with Crippen LogP contribution in [0.1, 0.15) is 18.1 Å². The Hall–Kier alpha value is -4.90. The Morgan fingerprint density at radius 2 is 1.56 bits per heavy atom. The third-order valence-corrected chi connectivity index (χ3v) is 5.19. The number of nitriles is 1. The largest absolute Gasteiger partial charge is 0.496 e. The van der Waals surface area contributed by atoms with E-state index >= 15 is 0 Å². The Morgan fingerprint density at radius 3 is 2.18 bits per heavy atom. The van der Waals surface area contributed by atoms with Crippen molar-refractivity contribution in [2.45, 2.75) is 6.92 Å². The lowest BCUT2D eigenvalue weighted by molar-refractivity contribution is -0.120. The van der Waals surface area contributed by atoms with E-state index in [0.29, 0.717) is 33.9 Å². The van der Waals surface area contributed by atoms with E-state index in [1.807, 2.05) is 6.07 Å². The molecular formula is C26H20N4O4. The standard InChI is InChI=1S/C26H20N4O4/c1-16(31)28-18-9-11-19(12-10-18)29-24-23(21-5-3-4-6-22(21)34-2)25(32)30(26(24)33)20-13-7-17(15-27)8-14-20/h3-14,29H,1-2H3,(H,28,31). The van der Waals surface area contributed by atoms with Gasteiger partial charge in [0.25, 0.3) is 11.8 Å². The van der Waals surface area contributed by atoms with Crippen LogP contribution in [0, 0.1) is 11.3 Å². The number of hydrogen-bond donors (Lipinski definition) is 2. The first kappa shape index (κ1) is 22.3. The van der Waals surface area contributed by atoms with E-state index < -0.39 is 11.8 Å². The van der Waals surface area contributed by atoms with Gasteiger partial charge in [-0.1, -0.05) is 18.2 Å². The summed E-state index contributed by atoms with van der Waals surface area (Å²) in [5.41, 5.74) is 2.64. The molecule has 0 saturated heterocycles.